The minimum atomic E-state index is -0.808. The number of carbonyl (C=O) groups is 3. The molecule has 0 aromatic rings. The van der Waals surface area contributed by atoms with Gasteiger partial charge in [0.2, 0.25) is 0 Å². The van der Waals surface area contributed by atoms with Crippen molar-refractivity contribution in [1.29, 1.82) is 0 Å². The molecule has 0 N–H and O–H groups in total. The van der Waals surface area contributed by atoms with Crippen molar-refractivity contribution in [2.24, 2.45) is 0 Å². The number of rotatable bonds is 54. The first-order valence-corrected chi connectivity index (χ1v) is 30.5. The Balaban J connectivity index is 4.51. The Morgan fingerprint density at radius 3 is 0.890 bits per heavy atom. The van der Waals surface area contributed by atoms with Crippen molar-refractivity contribution in [2.45, 2.75) is 284 Å². The van der Waals surface area contributed by atoms with Gasteiger partial charge in [0.1, 0.15) is 13.2 Å². The molecule has 0 amide bonds. The van der Waals surface area contributed by atoms with Crippen LogP contribution in [0.5, 0.6) is 0 Å². The Kier molecular flexibility index (Phi) is 57.4. The molecule has 0 radical (unpaired) electrons. The summed E-state index contributed by atoms with van der Waals surface area (Å²) < 4.78 is 16.9. The molecule has 416 valence electrons. The van der Waals surface area contributed by atoms with Crippen LogP contribution >= 0.6 is 0 Å². The van der Waals surface area contributed by atoms with E-state index in [0.29, 0.717) is 19.3 Å². The van der Waals surface area contributed by atoms with E-state index in [4.69, 9.17) is 14.2 Å². The molecule has 73 heavy (non-hydrogen) atoms. The zero-order valence-corrected chi connectivity index (χ0v) is 47.6. The van der Waals surface area contributed by atoms with Gasteiger partial charge in [0, 0.05) is 19.3 Å². The molecular formula is C67H112O6. The first-order valence-electron chi connectivity index (χ1n) is 30.5. The van der Waals surface area contributed by atoms with Crippen LogP contribution in [0.3, 0.4) is 0 Å². The highest BCUT2D eigenvalue weighted by molar-refractivity contribution is 5.71. The maximum atomic E-state index is 12.9. The average Bonchev–Trinajstić information content (AvgIpc) is 3.39. The Hall–Kier alpha value is -3.93. The fraction of sp³-hybridized carbons (Fsp3) is 0.687. The summed E-state index contributed by atoms with van der Waals surface area (Å²) in [6.07, 6.45) is 82.2. The number of unbranched alkanes of at least 4 members (excludes halogenated alkanes) is 31. The predicted octanol–water partition coefficient (Wildman–Crippen LogP) is 20.7. The molecule has 0 spiro atoms. The van der Waals surface area contributed by atoms with Crippen molar-refractivity contribution in [3.05, 3.63) is 109 Å². The number of ether oxygens (including phenoxy) is 3. The molecule has 0 bridgehead atoms. The van der Waals surface area contributed by atoms with Crippen LogP contribution in [0.4, 0.5) is 0 Å². The van der Waals surface area contributed by atoms with Gasteiger partial charge in [-0.1, -0.05) is 278 Å². The average molecular weight is 1010 g/mol. The largest absolute Gasteiger partial charge is 0.462 e. The molecule has 0 aliphatic carbocycles. The molecule has 0 saturated carbocycles. The predicted molar refractivity (Wildman–Crippen MR) is 316 cm³/mol. The fourth-order valence-corrected chi connectivity index (χ4v) is 8.36. The molecule has 0 aromatic heterocycles. The monoisotopic (exact) mass is 1010 g/mol. The standard InChI is InChI=1S/C67H112O6/c1-4-7-10-13-16-19-22-25-28-31-34-37-39-42-45-48-51-54-57-60-66(69)72-63-64(73-67(70)61-58-55-52-49-46-43-40-36-33-30-27-24-21-18-15-12-9-6-3)62-71-65(68)59-56-53-50-47-44-41-38-35-32-29-26-23-20-17-14-11-8-5-2/h7,10,13,16,19,22,25,28,31,34-40,42,45,64H,4-6,8-9,11-12,14-15,17-18,20-21,23-24,26-27,29-30,32-33,41,43-44,46-63H2,1-3H3/b10-7-,16-13-,22-19-,28-25-,34-31+,38-35-,39-37-,40-36-,45-42-. The molecule has 0 fully saturated rings. The van der Waals surface area contributed by atoms with Crippen LogP contribution in [0.15, 0.2) is 109 Å². The van der Waals surface area contributed by atoms with Gasteiger partial charge in [-0.15, -0.1) is 0 Å². The molecule has 0 aromatic carbocycles. The van der Waals surface area contributed by atoms with Crippen LogP contribution in [-0.2, 0) is 28.6 Å². The van der Waals surface area contributed by atoms with E-state index >= 15 is 0 Å². The van der Waals surface area contributed by atoms with Crippen molar-refractivity contribution in [3.8, 4) is 0 Å². The van der Waals surface area contributed by atoms with Gasteiger partial charge >= 0.3 is 17.9 Å². The van der Waals surface area contributed by atoms with Gasteiger partial charge in [0.15, 0.2) is 6.10 Å². The minimum Gasteiger partial charge on any atom is -0.462 e. The Morgan fingerprint density at radius 2 is 0.548 bits per heavy atom. The summed E-state index contributed by atoms with van der Waals surface area (Å²) in [6.45, 7) is 6.46. The molecule has 0 saturated heterocycles. The van der Waals surface area contributed by atoms with E-state index in [1.807, 2.05) is 72.9 Å². The molecule has 0 rings (SSSR count). The molecule has 0 heterocycles. The summed E-state index contributed by atoms with van der Waals surface area (Å²) in [5.74, 6) is -0.959. The Labute approximate surface area is 450 Å². The molecule has 6 nitrogen and oxygen atoms in total. The van der Waals surface area contributed by atoms with Crippen LogP contribution < -0.4 is 0 Å². The topological polar surface area (TPSA) is 78.9 Å². The number of hydrogen-bond acceptors (Lipinski definition) is 6. The third-order valence-electron chi connectivity index (χ3n) is 12.9. The molecule has 0 aliphatic heterocycles. The maximum absolute atomic E-state index is 12.9. The lowest BCUT2D eigenvalue weighted by atomic mass is 10.1. The molecule has 1 unspecified atom stereocenters. The van der Waals surface area contributed by atoms with Gasteiger partial charge in [-0.05, 0) is 89.9 Å². The zero-order chi connectivity index (χ0) is 52.9. The van der Waals surface area contributed by atoms with E-state index < -0.39 is 6.10 Å². The Morgan fingerprint density at radius 1 is 0.288 bits per heavy atom. The third kappa shape index (κ3) is 58.8. The minimum absolute atomic E-state index is 0.101. The van der Waals surface area contributed by atoms with Crippen LogP contribution in [0.25, 0.3) is 0 Å². The summed E-state index contributed by atoms with van der Waals surface area (Å²) in [5.41, 5.74) is 0. The quantitative estimate of drug-likeness (QED) is 0.0199. The van der Waals surface area contributed by atoms with Crippen molar-refractivity contribution in [1.82, 2.24) is 0 Å². The van der Waals surface area contributed by atoms with Crippen LogP contribution in [0.2, 0.25) is 0 Å². The fourth-order valence-electron chi connectivity index (χ4n) is 8.36. The number of esters is 3. The van der Waals surface area contributed by atoms with Gasteiger partial charge < -0.3 is 14.2 Å². The van der Waals surface area contributed by atoms with Gasteiger partial charge in [0.25, 0.3) is 0 Å². The van der Waals surface area contributed by atoms with E-state index in [2.05, 4.69) is 57.2 Å². The number of hydrogen-bond donors (Lipinski definition) is 0. The summed E-state index contributed by atoms with van der Waals surface area (Å²) in [4.78, 5) is 38.3. The summed E-state index contributed by atoms with van der Waals surface area (Å²) >= 11 is 0. The van der Waals surface area contributed by atoms with Gasteiger partial charge in [-0.25, -0.2) is 0 Å². The second kappa shape index (κ2) is 60.6. The third-order valence-corrected chi connectivity index (χ3v) is 12.9. The van der Waals surface area contributed by atoms with Gasteiger partial charge in [-0.3, -0.25) is 14.4 Å². The second-order valence-corrected chi connectivity index (χ2v) is 20.1. The molecule has 1 atom stereocenters. The van der Waals surface area contributed by atoms with Crippen molar-refractivity contribution in [2.75, 3.05) is 13.2 Å². The lowest BCUT2D eigenvalue weighted by Gasteiger charge is -2.18. The van der Waals surface area contributed by atoms with Crippen molar-refractivity contribution >= 4 is 17.9 Å². The van der Waals surface area contributed by atoms with Crippen LogP contribution in [-0.4, -0.2) is 37.2 Å². The maximum Gasteiger partial charge on any atom is 0.306 e. The van der Waals surface area contributed by atoms with Crippen molar-refractivity contribution < 1.29 is 28.6 Å². The van der Waals surface area contributed by atoms with Crippen LogP contribution in [0, 0.1) is 0 Å². The summed E-state index contributed by atoms with van der Waals surface area (Å²) in [6, 6.07) is 0. The smallest absolute Gasteiger partial charge is 0.306 e. The molecule has 6 heteroatoms. The van der Waals surface area contributed by atoms with E-state index in [1.54, 1.807) is 0 Å². The number of carbonyl (C=O) groups excluding carboxylic acids is 3. The van der Waals surface area contributed by atoms with E-state index in [-0.39, 0.29) is 31.1 Å². The van der Waals surface area contributed by atoms with E-state index in [9.17, 15) is 14.4 Å². The van der Waals surface area contributed by atoms with Gasteiger partial charge in [-0.2, -0.15) is 0 Å². The highest BCUT2D eigenvalue weighted by atomic mass is 16.6. The first kappa shape index (κ1) is 69.1. The molecule has 0 aliphatic rings. The highest BCUT2D eigenvalue weighted by Crippen LogP contribution is 2.15. The summed E-state index contributed by atoms with van der Waals surface area (Å²) in [5, 5.41) is 0. The molecular weight excluding hydrogens is 901 g/mol. The Bertz CT molecular complexity index is 1490. The lowest BCUT2D eigenvalue weighted by Crippen LogP contribution is -2.30. The van der Waals surface area contributed by atoms with Crippen LogP contribution in [0.1, 0.15) is 278 Å². The zero-order valence-electron chi connectivity index (χ0n) is 47.6. The summed E-state index contributed by atoms with van der Waals surface area (Å²) in [7, 11) is 0. The highest BCUT2D eigenvalue weighted by Gasteiger charge is 2.19. The lowest BCUT2D eigenvalue weighted by molar-refractivity contribution is -0.167. The van der Waals surface area contributed by atoms with E-state index in [1.165, 1.54) is 148 Å². The van der Waals surface area contributed by atoms with E-state index in [0.717, 1.165) is 89.9 Å². The number of allylic oxidation sites excluding steroid dienone is 18. The van der Waals surface area contributed by atoms with Crippen molar-refractivity contribution in [3.63, 3.8) is 0 Å². The normalized spacial score (nSPS) is 12.9. The first-order chi connectivity index (χ1) is 36.0. The second-order valence-electron chi connectivity index (χ2n) is 20.1. The SMILES string of the molecule is CC\C=C/C=C\C=C/C=C\C=C\C=C/C=C\CCCCCC(=O)OCC(COC(=O)CCCCCCC/C=C\CCCCCCCCCCC)OC(=O)CCCCCCC/C=C\CCCCCCCCCCC. The van der Waals surface area contributed by atoms with Gasteiger partial charge in [0.05, 0.1) is 0 Å².